The molecule has 0 N–H and O–H groups in total. The van der Waals surface area contributed by atoms with E-state index in [1.165, 1.54) is 38.2 Å². The first kappa shape index (κ1) is 14.7. The summed E-state index contributed by atoms with van der Waals surface area (Å²) in [6.07, 6.45) is 7.32. The third kappa shape index (κ3) is 5.82. The number of furan rings is 1. The second-order valence-electron chi connectivity index (χ2n) is 4.32. The van der Waals surface area contributed by atoms with Crippen molar-refractivity contribution >= 4 is 5.88 Å². The van der Waals surface area contributed by atoms with Gasteiger partial charge in [0.25, 0.3) is 0 Å². The lowest BCUT2D eigenvalue weighted by Gasteiger charge is -2.02. The van der Waals surface area contributed by atoms with Gasteiger partial charge in [-0.05, 0) is 12.5 Å². The Kier molecular flexibility index (Phi) is 7.10. The van der Waals surface area contributed by atoms with Gasteiger partial charge in [0.2, 0.25) is 0 Å². The van der Waals surface area contributed by atoms with E-state index >= 15 is 0 Å². The van der Waals surface area contributed by atoms with Crippen molar-refractivity contribution < 1.29 is 14.1 Å². The minimum atomic E-state index is -0.544. The lowest BCUT2D eigenvalue weighted by molar-refractivity contribution is -0.402. The molecule has 0 spiro atoms. The third-order valence-corrected chi connectivity index (χ3v) is 2.71. The smallest absolute Gasteiger partial charge is 0.403 e. The molecule has 0 amide bonds. The SMILES string of the molecule is CCCCCCCCOCc1ccc([N+](=O)[O-])o1. The van der Waals surface area contributed by atoms with E-state index in [-0.39, 0.29) is 5.88 Å². The summed E-state index contributed by atoms with van der Waals surface area (Å²) in [5, 5.41) is 10.4. The fraction of sp³-hybridized carbons (Fsp3) is 0.692. The van der Waals surface area contributed by atoms with E-state index in [2.05, 4.69) is 6.92 Å². The first-order chi connectivity index (χ1) is 8.74. The zero-order chi connectivity index (χ0) is 13.2. The Morgan fingerprint density at radius 2 is 1.94 bits per heavy atom. The number of hydrogen-bond donors (Lipinski definition) is 0. The number of unbranched alkanes of at least 4 members (excludes halogenated alkanes) is 5. The predicted molar refractivity (Wildman–Crippen MR) is 68.4 cm³/mol. The van der Waals surface area contributed by atoms with Crippen molar-refractivity contribution in [2.45, 2.75) is 52.1 Å². The minimum Gasteiger partial charge on any atom is -0.403 e. The van der Waals surface area contributed by atoms with Crippen molar-refractivity contribution in [1.82, 2.24) is 0 Å². The van der Waals surface area contributed by atoms with E-state index in [0.29, 0.717) is 19.0 Å². The van der Waals surface area contributed by atoms with Gasteiger partial charge in [-0.2, -0.15) is 0 Å². The predicted octanol–water partition coefficient (Wildman–Crippen LogP) is 4.06. The van der Waals surface area contributed by atoms with Gasteiger partial charge in [0.05, 0.1) is 6.07 Å². The monoisotopic (exact) mass is 255 g/mol. The number of rotatable bonds is 10. The van der Waals surface area contributed by atoms with Crippen molar-refractivity contribution in [2.75, 3.05) is 6.61 Å². The molecule has 0 radical (unpaired) electrons. The average Bonchev–Trinajstić information content (AvgIpc) is 2.81. The second-order valence-corrected chi connectivity index (χ2v) is 4.32. The van der Waals surface area contributed by atoms with Gasteiger partial charge in [-0.3, -0.25) is 10.1 Å². The maximum absolute atomic E-state index is 10.4. The quantitative estimate of drug-likeness (QED) is 0.359. The van der Waals surface area contributed by atoms with Crippen molar-refractivity contribution in [2.24, 2.45) is 0 Å². The third-order valence-electron chi connectivity index (χ3n) is 2.71. The Morgan fingerprint density at radius 1 is 1.22 bits per heavy atom. The molecule has 0 unspecified atom stereocenters. The highest BCUT2D eigenvalue weighted by molar-refractivity contribution is 5.17. The molecule has 1 aromatic heterocycles. The molecule has 5 nitrogen and oxygen atoms in total. The van der Waals surface area contributed by atoms with Gasteiger partial charge in [0, 0.05) is 6.61 Å². The molecule has 0 aromatic carbocycles. The number of nitro groups is 1. The van der Waals surface area contributed by atoms with Crippen LogP contribution in [-0.4, -0.2) is 11.5 Å². The van der Waals surface area contributed by atoms with E-state index in [1.807, 2.05) is 0 Å². The Hall–Kier alpha value is -1.36. The molecular formula is C13H21NO4. The molecule has 0 atom stereocenters. The summed E-state index contributed by atoms with van der Waals surface area (Å²) in [6, 6.07) is 2.93. The summed E-state index contributed by atoms with van der Waals surface area (Å²) in [4.78, 5) is 9.84. The van der Waals surface area contributed by atoms with Crippen LogP contribution in [0.3, 0.4) is 0 Å². The molecule has 18 heavy (non-hydrogen) atoms. The normalized spacial score (nSPS) is 10.7. The summed E-state index contributed by atoms with van der Waals surface area (Å²) < 4.78 is 10.4. The molecule has 0 saturated heterocycles. The second kappa shape index (κ2) is 8.69. The zero-order valence-corrected chi connectivity index (χ0v) is 10.9. The van der Waals surface area contributed by atoms with Crippen molar-refractivity contribution in [3.63, 3.8) is 0 Å². The maximum atomic E-state index is 10.4. The highest BCUT2D eigenvalue weighted by Gasteiger charge is 2.11. The van der Waals surface area contributed by atoms with Gasteiger partial charge in [-0.25, -0.2) is 0 Å². The highest BCUT2D eigenvalue weighted by atomic mass is 16.6. The van der Waals surface area contributed by atoms with Crippen LogP contribution in [0.5, 0.6) is 0 Å². The molecular weight excluding hydrogens is 234 g/mol. The molecule has 0 saturated carbocycles. The first-order valence-corrected chi connectivity index (χ1v) is 6.55. The zero-order valence-electron chi connectivity index (χ0n) is 10.9. The summed E-state index contributed by atoms with van der Waals surface area (Å²) >= 11 is 0. The molecule has 0 fully saturated rings. The van der Waals surface area contributed by atoms with E-state index in [0.717, 1.165) is 6.42 Å². The molecule has 1 heterocycles. The van der Waals surface area contributed by atoms with Crippen LogP contribution in [-0.2, 0) is 11.3 Å². The summed E-state index contributed by atoms with van der Waals surface area (Å²) in [5.41, 5.74) is 0. The Balaban J connectivity index is 2.02. The minimum absolute atomic E-state index is 0.229. The molecule has 1 aromatic rings. The van der Waals surface area contributed by atoms with Gasteiger partial charge in [-0.15, -0.1) is 0 Å². The van der Waals surface area contributed by atoms with Gasteiger partial charge in [-0.1, -0.05) is 39.0 Å². The van der Waals surface area contributed by atoms with Gasteiger partial charge >= 0.3 is 5.88 Å². The molecule has 102 valence electrons. The first-order valence-electron chi connectivity index (χ1n) is 6.55. The Bertz CT molecular complexity index is 349. The van der Waals surface area contributed by atoms with Crippen LogP contribution in [0.2, 0.25) is 0 Å². The fourth-order valence-electron chi connectivity index (χ4n) is 1.70. The number of nitrogens with zero attached hydrogens (tertiary/aromatic N) is 1. The molecule has 0 aliphatic carbocycles. The summed E-state index contributed by atoms with van der Waals surface area (Å²) in [6.45, 7) is 3.19. The Morgan fingerprint density at radius 3 is 2.61 bits per heavy atom. The molecule has 0 bridgehead atoms. The van der Waals surface area contributed by atoms with E-state index in [9.17, 15) is 10.1 Å². The Labute approximate surface area is 107 Å². The molecule has 5 heteroatoms. The molecule has 0 aliphatic heterocycles. The van der Waals surface area contributed by atoms with E-state index in [4.69, 9.17) is 9.15 Å². The molecule has 0 aliphatic rings. The van der Waals surface area contributed by atoms with Crippen LogP contribution in [0.15, 0.2) is 16.5 Å². The lowest BCUT2D eigenvalue weighted by atomic mass is 10.1. The fourth-order valence-corrected chi connectivity index (χ4v) is 1.70. The maximum Gasteiger partial charge on any atom is 0.433 e. The lowest BCUT2D eigenvalue weighted by Crippen LogP contribution is -1.94. The average molecular weight is 255 g/mol. The topological polar surface area (TPSA) is 65.5 Å². The van der Waals surface area contributed by atoms with Crippen LogP contribution in [0.4, 0.5) is 5.88 Å². The van der Waals surface area contributed by atoms with Crippen molar-refractivity contribution in [3.05, 3.63) is 28.0 Å². The van der Waals surface area contributed by atoms with Crippen LogP contribution >= 0.6 is 0 Å². The molecule has 1 rings (SSSR count). The van der Waals surface area contributed by atoms with E-state index < -0.39 is 4.92 Å². The number of ether oxygens (including phenoxy) is 1. The van der Waals surface area contributed by atoms with Crippen LogP contribution in [0, 0.1) is 10.1 Å². The van der Waals surface area contributed by atoms with Gasteiger partial charge in [0.1, 0.15) is 17.3 Å². The number of hydrogen-bond acceptors (Lipinski definition) is 4. The largest absolute Gasteiger partial charge is 0.433 e. The highest BCUT2D eigenvalue weighted by Crippen LogP contribution is 2.16. The van der Waals surface area contributed by atoms with E-state index in [1.54, 1.807) is 6.07 Å². The van der Waals surface area contributed by atoms with Crippen molar-refractivity contribution in [3.8, 4) is 0 Å². The van der Waals surface area contributed by atoms with Crippen LogP contribution in [0.25, 0.3) is 0 Å². The summed E-state index contributed by atoms with van der Waals surface area (Å²) in [7, 11) is 0. The summed E-state index contributed by atoms with van der Waals surface area (Å²) in [5.74, 6) is 0.279. The van der Waals surface area contributed by atoms with Crippen LogP contribution < -0.4 is 0 Å². The van der Waals surface area contributed by atoms with Gasteiger partial charge in [0.15, 0.2) is 0 Å². The standard InChI is InChI=1S/C13H21NO4/c1-2-3-4-5-6-7-10-17-11-12-8-9-13(18-12)14(15)16/h8-9H,2-7,10-11H2,1H3. The van der Waals surface area contributed by atoms with Crippen LogP contribution in [0.1, 0.15) is 51.2 Å². The van der Waals surface area contributed by atoms with Gasteiger partial charge < -0.3 is 9.15 Å². The van der Waals surface area contributed by atoms with Crippen molar-refractivity contribution in [1.29, 1.82) is 0 Å².